The number of rotatable bonds is 1. The van der Waals surface area contributed by atoms with Crippen molar-refractivity contribution >= 4 is 24.3 Å². The predicted octanol–water partition coefficient (Wildman–Crippen LogP) is -0.688. The molecule has 0 unspecified atom stereocenters. The number of nitrogens with zero attached hydrogens (tertiary/aromatic N) is 1. The Kier molecular flexibility index (Phi) is 3.95. The molecule has 0 bridgehead atoms. The van der Waals surface area contributed by atoms with Crippen LogP contribution in [0, 0.1) is 6.92 Å². The van der Waals surface area contributed by atoms with Gasteiger partial charge >= 0.3 is 78.1 Å². The quantitative estimate of drug-likeness (QED) is 0.364. The third kappa shape index (κ3) is 1.97. The number of aryl methyl sites for hydroxylation is 2. The number of aromatic nitrogens is 1. The van der Waals surface area contributed by atoms with E-state index < -0.39 is 0 Å². The van der Waals surface area contributed by atoms with Crippen molar-refractivity contribution in [2.75, 3.05) is 0 Å². The van der Waals surface area contributed by atoms with Gasteiger partial charge in [0.15, 0.2) is 0 Å². The largest absolute Gasteiger partial charge is 1.00 e. The van der Waals surface area contributed by atoms with Gasteiger partial charge in [0.05, 0.1) is 0 Å². The van der Waals surface area contributed by atoms with Crippen LogP contribution < -0.4 is 24.0 Å². The topological polar surface area (TPSA) is 4.93 Å². The van der Waals surface area contributed by atoms with Crippen molar-refractivity contribution in [2.45, 2.75) is 20.4 Å². The average molecular weight is 352 g/mol. The van der Waals surface area contributed by atoms with Crippen molar-refractivity contribution in [3.8, 4) is 0 Å². The summed E-state index contributed by atoms with van der Waals surface area (Å²) in [5.74, 6) is 0. The fourth-order valence-electron chi connectivity index (χ4n) is 1.54. The third-order valence-electron chi connectivity index (χ3n) is 2.11. The van der Waals surface area contributed by atoms with Crippen LogP contribution in [0.3, 0.4) is 0 Å². The van der Waals surface area contributed by atoms with E-state index in [2.05, 4.69) is 42.7 Å². The molecule has 2 rings (SSSR count). The molecule has 0 amide bonds. The van der Waals surface area contributed by atoms with Crippen LogP contribution in [0.5, 0.6) is 0 Å². The first kappa shape index (κ1) is 11.2. The van der Waals surface area contributed by atoms with Crippen molar-refractivity contribution in [3.63, 3.8) is 0 Å². The van der Waals surface area contributed by atoms with Gasteiger partial charge in [-0.15, -0.1) is 0 Å². The molecule has 0 aliphatic rings. The van der Waals surface area contributed by atoms with Crippen molar-refractivity contribution in [1.29, 1.82) is 0 Å². The molecule has 0 aliphatic carbocycles. The first-order valence-corrected chi connectivity index (χ1v) is 5.92. The molecule has 0 spiro atoms. The molecule has 1 aromatic carbocycles. The van der Waals surface area contributed by atoms with Crippen LogP contribution in [0.4, 0.5) is 0 Å². The summed E-state index contributed by atoms with van der Waals surface area (Å²) in [7, 11) is 0. The van der Waals surface area contributed by atoms with Crippen molar-refractivity contribution < 1.29 is 24.0 Å². The fraction of sp³-hybridized carbons (Fsp3) is 0.300. The van der Waals surface area contributed by atoms with E-state index in [1.165, 1.54) is 14.3 Å². The van der Waals surface area contributed by atoms with Crippen LogP contribution in [0.1, 0.15) is 11.5 Å². The molecular formula is C10H12INSe. The number of halogens is 1. The van der Waals surface area contributed by atoms with E-state index in [1.54, 1.807) is 0 Å². The van der Waals surface area contributed by atoms with Gasteiger partial charge in [-0.05, 0) is 0 Å². The molecule has 0 saturated heterocycles. The van der Waals surface area contributed by atoms with Gasteiger partial charge < -0.3 is 24.0 Å². The summed E-state index contributed by atoms with van der Waals surface area (Å²) in [6.07, 6.45) is 0. The minimum atomic E-state index is 0. The van der Waals surface area contributed by atoms with Gasteiger partial charge in [0.25, 0.3) is 0 Å². The van der Waals surface area contributed by atoms with E-state index in [4.69, 9.17) is 0 Å². The number of fused-ring (bicyclic) bond motifs is 1. The third-order valence-corrected chi connectivity index (χ3v) is 4.38. The van der Waals surface area contributed by atoms with E-state index in [9.17, 15) is 0 Å². The van der Waals surface area contributed by atoms with Crippen LogP contribution in [-0.2, 0) is 6.54 Å². The predicted molar refractivity (Wildman–Crippen MR) is 53.7 cm³/mol. The number of hydrogen-bond donors (Lipinski definition) is 0. The van der Waals surface area contributed by atoms with E-state index in [-0.39, 0.29) is 24.0 Å². The van der Waals surface area contributed by atoms with E-state index in [0.29, 0.717) is 14.5 Å². The van der Waals surface area contributed by atoms with E-state index in [1.807, 2.05) is 0 Å². The zero-order valence-electron chi connectivity index (χ0n) is 7.75. The summed E-state index contributed by atoms with van der Waals surface area (Å²) in [5, 5.41) is 0. The Balaban J connectivity index is 0.000000845. The molecule has 70 valence electrons. The van der Waals surface area contributed by atoms with Gasteiger partial charge in [-0.1, -0.05) is 0 Å². The summed E-state index contributed by atoms with van der Waals surface area (Å²) >= 11 is 0.576. The Labute approximate surface area is 102 Å². The molecule has 1 heterocycles. The van der Waals surface area contributed by atoms with Crippen molar-refractivity contribution in [2.24, 2.45) is 0 Å². The van der Waals surface area contributed by atoms with Crippen LogP contribution in [0.15, 0.2) is 24.3 Å². The summed E-state index contributed by atoms with van der Waals surface area (Å²) in [6, 6.07) is 8.72. The fourth-order valence-corrected chi connectivity index (χ4v) is 3.82. The Bertz CT molecular complexity index is 408. The second-order valence-electron chi connectivity index (χ2n) is 2.83. The first-order valence-electron chi connectivity index (χ1n) is 4.21. The number of hydrogen-bond acceptors (Lipinski definition) is 0. The maximum Gasteiger partial charge on any atom is -1.00 e. The van der Waals surface area contributed by atoms with Crippen LogP contribution >= 0.6 is 0 Å². The maximum atomic E-state index is 2.41. The zero-order valence-corrected chi connectivity index (χ0v) is 11.6. The molecular weight excluding hydrogens is 340 g/mol. The molecule has 0 N–H and O–H groups in total. The maximum absolute atomic E-state index is 2.41. The number of benzene rings is 1. The van der Waals surface area contributed by atoms with Crippen molar-refractivity contribution in [3.05, 3.63) is 28.8 Å². The van der Waals surface area contributed by atoms with Gasteiger partial charge in [0.1, 0.15) is 0 Å². The molecule has 13 heavy (non-hydrogen) atoms. The molecule has 1 aromatic heterocycles. The molecule has 0 saturated carbocycles. The van der Waals surface area contributed by atoms with Crippen molar-refractivity contribution in [1.82, 2.24) is 4.57 Å². The summed E-state index contributed by atoms with van der Waals surface area (Å²) in [5.41, 5.74) is 1.43. The average Bonchev–Trinajstić information content (AvgIpc) is 2.40. The normalized spacial score (nSPS) is 10.0. The molecule has 0 atom stereocenters. The Morgan fingerprint density at radius 2 is 2.08 bits per heavy atom. The summed E-state index contributed by atoms with van der Waals surface area (Å²) < 4.78 is 5.48. The van der Waals surface area contributed by atoms with Gasteiger partial charge in [-0.25, -0.2) is 0 Å². The van der Waals surface area contributed by atoms with Crippen LogP contribution in [-0.4, -0.2) is 19.1 Å². The Hall–Kier alpha value is 0.139. The molecule has 2 aromatic rings. The SMILES string of the molecule is CCn1c2ccccc2[se][c+]1C.[I-]. The van der Waals surface area contributed by atoms with Gasteiger partial charge in [-0.3, -0.25) is 0 Å². The number of para-hydroxylation sites is 1. The molecule has 0 radical (unpaired) electrons. The minimum Gasteiger partial charge on any atom is -1.00 e. The first-order chi connectivity index (χ1) is 5.83. The molecule has 0 aliphatic heterocycles. The Morgan fingerprint density at radius 1 is 1.38 bits per heavy atom. The second-order valence-corrected chi connectivity index (χ2v) is 5.42. The second kappa shape index (κ2) is 4.58. The monoisotopic (exact) mass is 353 g/mol. The smallest absolute Gasteiger partial charge is 1.00 e. The van der Waals surface area contributed by atoms with E-state index in [0.717, 1.165) is 6.54 Å². The molecule has 1 nitrogen and oxygen atoms in total. The summed E-state index contributed by atoms with van der Waals surface area (Å²) in [4.78, 5) is 0. The van der Waals surface area contributed by atoms with E-state index >= 15 is 0 Å². The van der Waals surface area contributed by atoms with Gasteiger partial charge in [0, 0.05) is 0 Å². The van der Waals surface area contributed by atoms with Crippen LogP contribution in [0.25, 0.3) is 9.78 Å². The minimum absolute atomic E-state index is 0. The standard InChI is InChI=1S/C10H12NSe.HI/c1-3-11-8(2)12-10-7-5-4-6-9(10)11;/h4-7H,3H2,1-2H3;1H/q+1;/p-1. The molecule has 0 fully saturated rings. The Morgan fingerprint density at radius 3 is 2.77 bits per heavy atom. The summed E-state index contributed by atoms with van der Waals surface area (Å²) in [6.45, 7) is 5.55. The molecule has 3 heteroatoms. The van der Waals surface area contributed by atoms with Gasteiger partial charge in [-0.2, -0.15) is 0 Å². The van der Waals surface area contributed by atoms with Crippen LogP contribution in [0.2, 0.25) is 0 Å². The van der Waals surface area contributed by atoms with Gasteiger partial charge in [0.2, 0.25) is 0 Å². The zero-order chi connectivity index (χ0) is 8.55.